The van der Waals surface area contributed by atoms with Crippen LogP contribution in [0.2, 0.25) is 0 Å². The van der Waals surface area contributed by atoms with Gasteiger partial charge in [-0.15, -0.1) is 11.3 Å². The topological polar surface area (TPSA) is 51.8 Å². The second kappa shape index (κ2) is 12.3. The highest BCUT2D eigenvalue weighted by Gasteiger charge is 2.18. The third-order valence-corrected chi connectivity index (χ3v) is 11.5. The second-order valence-electron chi connectivity index (χ2n) is 13.5. The first-order valence-electron chi connectivity index (χ1n) is 18.0. The van der Waals surface area contributed by atoms with Crippen LogP contribution in [0.1, 0.15) is 0 Å². The monoisotopic (exact) mass is 707 g/mol. The Hall–Kier alpha value is -6.95. The standard InChI is InChI=1S/C49H29N3OS/c1-2-11-34(12-3-1)49-51-41(29-42(52-49)38-17-10-16-36-35-13-6-9-20-44(35)54-48(36)38)32-25-21-30(22-26-32)31-23-27-33(28-24-31)46-45-39-15-5-8-19-43(39)53-47(45)37-14-4-7-18-40(37)50-46/h1-29H. The van der Waals surface area contributed by atoms with Crippen molar-refractivity contribution in [1.82, 2.24) is 15.0 Å². The van der Waals surface area contributed by atoms with Crippen molar-refractivity contribution in [1.29, 1.82) is 0 Å². The van der Waals surface area contributed by atoms with E-state index in [1.54, 1.807) is 0 Å². The zero-order valence-electron chi connectivity index (χ0n) is 28.9. The minimum atomic E-state index is 0.711. The summed E-state index contributed by atoms with van der Waals surface area (Å²) in [5.74, 6) is 0.711. The summed E-state index contributed by atoms with van der Waals surface area (Å²) in [6.07, 6.45) is 0. The number of para-hydroxylation sites is 2. The summed E-state index contributed by atoms with van der Waals surface area (Å²) in [5.41, 5.74) is 11.8. The smallest absolute Gasteiger partial charge is 0.160 e. The molecular weight excluding hydrogens is 679 g/mol. The highest BCUT2D eigenvalue weighted by Crippen LogP contribution is 2.42. The van der Waals surface area contributed by atoms with Gasteiger partial charge < -0.3 is 4.42 Å². The van der Waals surface area contributed by atoms with E-state index in [0.29, 0.717) is 5.82 Å². The fraction of sp³-hybridized carbons (Fsp3) is 0. The molecule has 0 saturated carbocycles. The van der Waals surface area contributed by atoms with Crippen molar-refractivity contribution in [3.8, 4) is 56.3 Å². The predicted octanol–water partition coefficient (Wildman–Crippen LogP) is 13.6. The Morgan fingerprint density at radius 2 is 1.06 bits per heavy atom. The number of thiophene rings is 1. The average molecular weight is 708 g/mol. The minimum absolute atomic E-state index is 0.711. The minimum Gasteiger partial charge on any atom is -0.455 e. The van der Waals surface area contributed by atoms with Crippen molar-refractivity contribution in [2.75, 3.05) is 0 Å². The summed E-state index contributed by atoms with van der Waals surface area (Å²) in [6.45, 7) is 0. The van der Waals surface area contributed by atoms with Crippen LogP contribution in [0.4, 0.5) is 0 Å². The molecule has 0 aliphatic rings. The average Bonchev–Trinajstić information content (AvgIpc) is 3.83. The molecule has 5 heteroatoms. The maximum absolute atomic E-state index is 6.42. The molecule has 0 radical (unpaired) electrons. The van der Waals surface area contributed by atoms with Crippen LogP contribution in [0.5, 0.6) is 0 Å². The van der Waals surface area contributed by atoms with E-state index in [1.807, 2.05) is 53.8 Å². The number of benzene rings is 7. The lowest BCUT2D eigenvalue weighted by molar-refractivity contribution is 0.672. The van der Waals surface area contributed by atoms with Gasteiger partial charge in [0.05, 0.1) is 28.0 Å². The van der Waals surface area contributed by atoms with E-state index < -0.39 is 0 Å². The Balaban J connectivity index is 0.980. The van der Waals surface area contributed by atoms with Crippen molar-refractivity contribution in [2.24, 2.45) is 0 Å². The molecule has 4 heterocycles. The van der Waals surface area contributed by atoms with Gasteiger partial charge >= 0.3 is 0 Å². The number of pyridine rings is 1. The Bertz CT molecular complexity index is 3200. The first kappa shape index (κ1) is 30.7. The van der Waals surface area contributed by atoms with E-state index >= 15 is 0 Å². The molecule has 0 fully saturated rings. The zero-order chi connectivity index (χ0) is 35.6. The SMILES string of the molecule is c1ccc(-c2nc(-c3ccc(-c4ccc(-c5nc6ccccc6c6oc7ccccc7c56)cc4)cc3)cc(-c3cccc4c3sc3ccccc34)n2)cc1. The summed E-state index contributed by atoms with van der Waals surface area (Å²) < 4.78 is 8.93. The van der Waals surface area contributed by atoms with Gasteiger partial charge in [0.15, 0.2) is 5.82 Å². The molecule has 7 aromatic carbocycles. The van der Waals surface area contributed by atoms with Gasteiger partial charge in [0, 0.05) is 53.2 Å². The molecule has 0 bridgehead atoms. The highest BCUT2D eigenvalue weighted by atomic mass is 32.1. The van der Waals surface area contributed by atoms with Gasteiger partial charge in [-0.2, -0.15) is 0 Å². The molecular formula is C49H29N3OS. The molecule has 0 atom stereocenters. The molecule has 0 saturated heterocycles. The number of rotatable bonds is 5. The number of furan rings is 1. The molecule has 4 aromatic heterocycles. The van der Waals surface area contributed by atoms with Gasteiger partial charge in [-0.25, -0.2) is 15.0 Å². The number of aromatic nitrogens is 3. The summed E-state index contributed by atoms with van der Waals surface area (Å²) in [4.78, 5) is 15.4. The van der Waals surface area contributed by atoms with Gasteiger partial charge in [0.25, 0.3) is 0 Å². The first-order valence-corrected chi connectivity index (χ1v) is 18.8. The van der Waals surface area contributed by atoms with Crippen molar-refractivity contribution in [3.63, 3.8) is 0 Å². The first-order chi connectivity index (χ1) is 26.7. The zero-order valence-corrected chi connectivity index (χ0v) is 29.7. The van der Waals surface area contributed by atoms with Crippen LogP contribution in [0.3, 0.4) is 0 Å². The van der Waals surface area contributed by atoms with Gasteiger partial charge in [0.1, 0.15) is 11.2 Å². The molecule has 0 spiro atoms. The van der Waals surface area contributed by atoms with Crippen LogP contribution < -0.4 is 0 Å². The third-order valence-electron chi connectivity index (χ3n) is 10.3. The van der Waals surface area contributed by atoms with Gasteiger partial charge in [-0.05, 0) is 41.5 Å². The Morgan fingerprint density at radius 3 is 1.87 bits per heavy atom. The molecule has 0 aliphatic heterocycles. The Kier molecular flexibility index (Phi) is 7.00. The fourth-order valence-corrected chi connectivity index (χ4v) is 8.90. The number of fused-ring (bicyclic) bond motifs is 8. The second-order valence-corrected chi connectivity index (χ2v) is 14.6. The van der Waals surface area contributed by atoms with Crippen molar-refractivity contribution >= 4 is 64.4 Å². The number of nitrogens with zero attached hydrogens (tertiary/aromatic N) is 3. The molecule has 0 N–H and O–H groups in total. The molecule has 0 unspecified atom stereocenters. The lowest BCUT2D eigenvalue weighted by Crippen LogP contribution is -1.96. The van der Waals surface area contributed by atoms with Crippen LogP contribution in [0.15, 0.2) is 180 Å². The molecule has 54 heavy (non-hydrogen) atoms. The maximum Gasteiger partial charge on any atom is 0.160 e. The largest absolute Gasteiger partial charge is 0.455 e. The Morgan fingerprint density at radius 1 is 0.426 bits per heavy atom. The van der Waals surface area contributed by atoms with Gasteiger partial charge in [-0.1, -0.05) is 146 Å². The summed E-state index contributed by atoms with van der Waals surface area (Å²) in [6, 6.07) is 61.3. The summed E-state index contributed by atoms with van der Waals surface area (Å²) in [7, 11) is 0. The van der Waals surface area contributed by atoms with Crippen LogP contribution in [-0.4, -0.2) is 15.0 Å². The van der Waals surface area contributed by atoms with Crippen molar-refractivity contribution in [2.45, 2.75) is 0 Å². The van der Waals surface area contributed by atoms with E-state index in [4.69, 9.17) is 19.4 Å². The van der Waals surface area contributed by atoms with Crippen LogP contribution in [0, 0.1) is 0 Å². The van der Waals surface area contributed by atoms with E-state index in [0.717, 1.165) is 83.3 Å². The van der Waals surface area contributed by atoms with Gasteiger partial charge in [0.2, 0.25) is 0 Å². The molecule has 0 amide bonds. The molecule has 252 valence electrons. The summed E-state index contributed by atoms with van der Waals surface area (Å²) >= 11 is 1.82. The highest BCUT2D eigenvalue weighted by molar-refractivity contribution is 7.26. The van der Waals surface area contributed by atoms with E-state index in [2.05, 4.69) is 133 Å². The van der Waals surface area contributed by atoms with Crippen LogP contribution >= 0.6 is 11.3 Å². The third kappa shape index (κ3) is 5.01. The Labute approximate surface area is 314 Å². The predicted molar refractivity (Wildman–Crippen MR) is 225 cm³/mol. The van der Waals surface area contributed by atoms with E-state index in [9.17, 15) is 0 Å². The fourth-order valence-electron chi connectivity index (χ4n) is 7.67. The summed E-state index contributed by atoms with van der Waals surface area (Å²) in [5, 5.41) is 5.67. The lowest BCUT2D eigenvalue weighted by atomic mass is 9.98. The quantitative estimate of drug-likeness (QED) is 0.179. The lowest BCUT2D eigenvalue weighted by Gasteiger charge is -2.11. The van der Waals surface area contributed by atoms with Crippen LogP contribution in [0.25, 0.3) is 109 Å². The molecule has 4 nitrogen and oxygen atoms in total. The normalized spacial score (nSPS) is 11.7. The van der Waals surface area contributed by atoms with Crippen LogP contribution in [-0.2, 0) is 0 Å². The maximum atomic E-state index is 6.42. The van der Waals surface area contributed by atoms with Gasteiger partial charge in [-0.3, -0.25) is 0 Å². The molecule has 11 rings (SSSR count). The van der Waals surface area contributed by atoms with Crippen molar-refractivity contribution < 1.29 is 4.42 Å². The molecule has 0 aliphatic carbocycles. The van der Waals surface area contributed by atoms with Crippen molar-refractivity contribution in [3.05, 3.63) is 176 Å². The number of hydrogen-bond acceptors (Lipinski definition) is 5. The molecule has 11 aromatic rings. The number of hydrogen-bond donors (Lipinski definition) is 0. The van der Waals surface area contributed by atoms with E-state index in [1.165, 1.54) is 20.2 Å². The van der Waals surface area contributed by atoms with E-state index in [-0.39, 0.29) is 0 Å².